The van der Waals surface area contributed by atoms with Crippen molar-refractivity contribution in [3.05, 3.63) is 92.7 Å². The number of piperidine rings is 1. The number of hydrogen-bond acceptors (Lipinski definition) is 7. The van der Waals surface area contributed by atoms with Crippen LogP contribution in [0.25, 0.3) is 0 Å². The third-order valence-electron chi connectivity index (χ3n) is 8.15. The number of carbonyl (C=O) groups excluding carboxylic acids is 1. The highest BCUT2D eigenvalue weighted by Crippen LogP contribution is 2.51. The first-order chi connectivity index (χ1) is 19.9. The zero-order valence-electron chi connectivity index (χ0n) is 23.2. The van der Waals surface area contributed by atoms with Crippen molar-refractivity contribution in [1.29, 1.82) is 0 Å². The van der Waals surface area contributed by atoms with E-state index in [2.05, 4.69) is 15.3 Å². The Morgan fingerprint density at radius 1 is 1.14 bits per heavy atom. The van der Waals surface area contributed by atoms with Gasteiger partial charge in [-0.1, -0.05) is 42.3 Å². The lowest BCUT2D eigenvalue weighted by Crippen LogP contribution is -2.54. The molecule has 1 fully saturated rings. The van der Waals surface area contributed by atoms with Crippen molar-refractivity contribution >= 4 is 29.1 Å². The molecule has 1 amide bonds. The molecule has 3 N–H and O–H groups in total. The van der Waals surface area contributed by atoms with Crippen LogP contribution in [-0.2, 0) is 22.6 Å². The Bertz CT molecular complexity index is 1450. The first kappa shape index (κ1) is 30.7. The molecule has 42 heavy (non-hydrogen) atoms. The molecule has 224 valence electrons. The Kier molecular flexibility index (Phi) is 8.59. The summed E-state index contributed by atoms with van der Waals surface area (Å²) in [4.78, 5) is 24.0. The molecule has 0 saturated carbocycles. The lowest BCUT2D eigenvalue weighted by Gasteiger charge is -2.44. The number of carbonyl (C=O) groups is 1. The second kappa shape index (κ2) is 11.7. The average Bonchev–Trinajstić information content (AvgIpc) is 3.21. The van der Waals surface area contributed by atoms with Crippen LogP contribution in [0.3, 0.4) is 0 Å². The topological polar surface area (TPSA) is 108 Å². The van der Waals surface area contributed by atoms with E-state index in [1.54, 1.807) is 31.2 Å². The molecule has 3 atom stereocenters. The first-order valence-corrected chi connectivity index (χ1v) is 14.5. The normalized spacial score (nSPS) is 22.1. The first-order valence-electron chi connectivity index (χ1n) is 13.8. The number of rotatable bonds is 9. The SMILES string of the molecule is CCC(O)(c1cc(F)c2c(c1)C(=O)N(Cc1ncc(Cl)cn1)[C@@]2(OCC(C)O)c1ccc(Cl)cc1)C1(F)CCNCC1. The zero-order chi connectivity index (χ0) is 30.3. The van der Waals surface area contributed by atoms with E-state index in [0.717, 1.165) is 6.07 Å². The molecular formula is C30H32Cl2F2N4O4. The van der Waals surface area contributed by atoms with Gasteiger partial charge < -0.3 is 20.3 Å². The lowest BCUT2D eigenvalue weighted by molar-refractivity contribution is -0.132. The minimum absolute atomic E-state index is 0.0240. The van der Waals surface area contributed by atoms with Crippen LogP contribution >= 0.6 is 23.2 Å². The monoisotopic (exact) mass is 620 g/mol. The standard InChI is InChI=1S/C30H32Cl2F2N4O4/c1-3-29(41,28(34)8-10-35-11-9-28)20-12-23-26(24(33)13-20)30(42-17-18(2)39,19-4-6-21(31)7-5-19)38(27(23)40)16-25-36-14-22(32)15-37-25/h4-7,12-15,18,35,39,41H,3,8-11,16-17H2,1-2H3/t18?,29?,30-/m1/s1. The van der Waals surface area contributed by atoms with Crippen LogP contribution in [0, 0.1) is 5.82 Å². The fourth-order valence-electron chi connectivity index (χ4n) is 5.99. The highest BCUT2D eigenvalue weighted by Gasteiger charge is 2.57. The van der Waals surface area contributed by atoms with Crippen LogP contribution in [0.2, 0.25) is 10.0 Å². The van der Waals surface area contributed by atoms with Gasteiger partial charge in [-0.05, 0) is 69.1 Å². The van der Waals surface area contributed by atoms with Gasteiger partial charge in [-0.3, -0.25) is 9.69 Å². The number of ether oxygens (including phenoxy) is 1. The summed E-state index contributed by atoms with van der Waals surface area (Å²) in [5.41, 5.74) is -5.90. The number of benzene rings is 2. The van der Waals surface area contributed by atoms with Crippen molar-refractivity contribution in [3.63, 3.8) is 0 Å². The quantitative estimate of drug-likeness (QED) is 0.313. The third-order valence-corrected chi connectivity index (χ3v) is 8.60. The van der Waals surface area contributed by atoms with Crippen LogP contribution < -0.4 is 5.32 Å². The summed E-state index contributed by atoms with van der Waals surface area (Å²) in [6.45, 7) is 3.34. The summed E-state index contributed by atoms with van der Waals surface area (Å²) in [5.74, 6) is -1.33. The molecule has 1 saturated heterocycles. The van der Waals surface area contributed by atoms with Gasteiger partial charge in [0.05, 0.1) is 35.4 Å². The Labute approximate surface area is 252 Å². The summed E-state index contributed by atoms with van der Waals surface area (Å²) in [6, 6.07) is 8.80. The molecule has 3 heterocycles. The molecule has 2 aromatic carbocycles. The number of aliphatic hydroxyl groups excluding tert-OH is 1. The van der Waals surface area contributed by atoms with Crippen molar-refractivity contribution < 1.29 is 28.5 Å². The number of alkyl halides is 1. The number of aromatic nitrogens is 2. The molecule has 5 rings (SSSR count). The predicted octanol–water partition coefficient (Wildman–Crippen LogP) is 4.87. The van der Waals surface area contributed by atoms with E-state index in [1.807, 2.05) is 0 Å². The van der Waals surface area contributed by atoms with E-state index in [1.165, 1.54) is 30.3 Å². The van der Waals surface area contributed by atoms with Crippen LogP contribution in [0.5, 0.6) is 0 Å². The van der Waals surface area contributed by atoms with E-state index in [0.29, 0.717) is 23.7 Å². The summed E-state index contributed by atoms with van der Waals surface area (Å²) >= 11 is 12.1. The number of hydrogen-bond donors (Lipinski definition) is 3. The van der Waals surface area contributed by atoms with Crippen molar-refractivity contribution in [2.24, 2.45) is 0 Å². The van der Waals surface area contributed by atoms with Crippen molar-refractivity contribution in [1.82, 2.24) is 20.2 Å². The molecule has 0 bridgehead atoms. The van der Waals surface area contributed by atoms with Gasteiger partial charge in [0.25, 0.3) is 5.91 Å². The number of aliphatic hydroxyl groups is 2. The van der Waals surface area contributed by atoms with Crippen LogP contribution in [0.15, 0.2) is 48.8 Å². The van der Waals surface area contributed by atoms with Gasteiger partial charge in [-0.25, -0.2) is 18.7 Å². The molecule has 2 unspecified atom stereocenters. The van der Waals surface area contributed by atoms with Crippen LogP contribution in [0.1, 0.15) is 66.0 Å². The number of amides is 1. The highest BCUT2D eigenvalue weighted by molar-refractivity contribution is 6.30. The summed E-state index contributed by atoms with van der Waals surface area (Å²) in [5, 5.41) is 25.8. The second-order valence-corrected chi connectivity index (χ2v) is 11.7. The number of nitrogens with zero attached hydrogens (tertiary/aromatic N) is 3. The molecular weight excluding hydrogens is 589 g/mol. The molecule has 2 aliphatic rings. The summed E-state index contributed by atoms with van der Waals surface area (Å²) in [7, 11) is 0. The van der Waals surface area contributed by atoms with Gasteiger partial charge in [0.15, 0.2) is 5.72 Å². The predicted molar refractivity (Wildman–Crippen MR) is 153 cm³/mol. The van der Waals surface area contributed by atoms with Crippen molar-refractivity contribution in [2.75, 3.05) is 19.7 Å². The maximum absolute atomic E-state index is 16.6. The van der Waals surface area contributed by atoms with E-state index in [9.17, 15) is 15.0 Å². The van der Waals surface area contributed by atoms with Gasteiger partial charge in [0, 0.05) is 23.0 Å². The summed E-state index contributed by atoms with van der Waals surface area (Å²) in [6.07, 6.45) is 1.78. The molecule has 0 spiro atoms. The Morgan fingerprint density at radius 2 is 1.79 bits per heavy atom. The Morgan fingerprint density at radius 3 is 2.38 bits per heavy atom. The van der Waals surface area contributed by atoms with Gasteiger partial charge in [-0.2, -0.15) is 0 Å². The molecule has 1 aromatic heterocycles. The minimum atomic E-state index is -2.05. The van der Waals surface area contributed by atoms with Crippen molar-refractivity contribution in [2.45, 2.75) is 62.8 Å². The maximum atomic E-state index is 16.6. The van der Waals surface area contributed by atoms with Crippen molar-refractivity contribution in [3.8, 4) is 0 Å². The Balaban J connectivity index is 1.74. The minimum Gasteiger partial charge on any atom is -0.391 e. The second-order valence-electron chi connectivity index (χ2n) is 10.8. The Hall–Kier alpha value is -2.73. The molecule has 12 heteroatoms. The van der Waals surface area contributed by atoms with Gasteiger partial charge in [0.1, 0.15) is 22.9 Å². The molecule has 3 aromatic rings. The fraction of sp³-hybridized carbons (Fsp3) is 0.433. The van der Waals surface area contributed by atoms with E-state index < -0.39 is 34.8 Å². The maximum Gasteiger partial charge on any atom is 0.257 e. The van der Waals surface area contributed by atoms with E-state index in [4.69, 9.17) is 27.9 Å². The number of fused-ring (bicyclic) bond motifs is 1. The van der Waals surface area contributed by atoms with Crippen LogP contribution in [0.4, 0.5) is 8.78 Å². The summed E-state index contributed by atoms with van der Waals surface area (Å²) < 4.78 is 39.2. The smallest absolute Gasteiger partial charge is 0.257 e. The van der Waals surface area contributed by atoms with E-state index in [-0.39, 0.29) is 60.0 Å². The highest BCUT2D eigenvalue weighted by atomic mass is 35.5. The van der Waals surface area contributed by atoms with Gasteiger partial charge in [-0.15, -0.1) is 0 Å². The lowest BCUT2D eigenvalue weighted by atomic mass is 9.71. The fourth-order valence-corrected chi connectivity index (χ4v) is 6.22. The zero-order valence-corrected chi connectivity index (χ0v) is 24.7. The molecule has 0 aliphatic carbocycles. The molecule has 8 nitrogen and oxygen atoms in total. The van der Waals surface area contributed by atoms with Gasteiger partial charge in [0.2, 0.25) is 0 Å². The molecule has 0 radical (unpaired) electrons. The number of halogens is 4. The van der Waals surface area contributed by atoms with E-state index >= 15 is 8.78 Å². The molecule has 2 aliphatic heterocycles. The van der Waals surface area contributed by atoms with Crippen LogP contribution in [-0.4, -0.2) is 62.5 Å². The largest absolute Gasteiger partial charge is 0.391 e. The van der Waals surface area contributed by atoms with Gasteiger partial charge >= 0.3 is 0 Å². The third kappa shape index (κ3) is 5.18. The number of nitrogens with one attached hydrogen (secondary N) is 1. The average molecular weight is 622 g/mol.